The number of piperidine rings is 1. The predicted molar refractivity (Wildman–Crippen MR) is 78.8 cm³/mol. The lowest BCUT2D eigenvalue weighted by Crippen LogP contribution is -2.50. The highest BCUT2D eigenvalue weighted by molar-refractivity contribution is 5.86. The normalized spacial score (nSPS) is 23.9. The Balaban J connectivity index is 1.71. The van der Waals surface area contributed by atoms with Crippen LogP contribution in [-0.2, 0) is 4.79 Å². The fourth-order valence-corrected chi connectivity index (χ4v) is 3.23. The number of amides is 1. The third-order valence-electron chi connectivity index (χ3n) is 4.86. The molecule has 1 saturated carbocycles. The SMILES string of the molecule is CC(C)c1nc([C@H]2CCCN(C(=O)C3(C#N)CCC3)C2)no1. The van der Waals surface area contributed by atoms with E-state index in [0.717, 1.165) is 25.8 Å². The number of likely N-dealkylation sites (tertiary alicyclic amines) is 1. The number of nitrogens with zero attached hydrogens (tertiary/aromatic N) is 4. The van der Waals surface area contributed by atoms with Gasteiger partial charge < -0.3 is 9.42 Å². The second-order valence-electron chi connectivity index (χ2n) is 6.78. The van der Waals surface area contributed by atoms with Crippen LogP contribution in [0.3, 0.4) is 0 Å². The fraction of sp³-hybridized carbons (Fsp3) is 0.750. The summed E-state index contributed by atoms with van der Waals surface area (Å²) < 4.78 is 5.28. The van der Waals surface area contributed by atoms with E-state index < -0.39 is 5.41 Å². The van der Waals surface area contributed by atoms with Crippen molar-refractivity contribution in [1.82, 2.24) is 15.0 Å². The zero-order valence-electron chi connectivity index (χ0n) is 13.2. The lowest BCUT2D eigenvalue weighted by Gasteiger charge is -2.40. The highest BCUT2D eigenvalue weighted by Crippen LogP contribution is 2.42. The molecule has 22 heavy (non-hydrogen) atoms. The summed E-state index contributed by atoms with van der Waals surface area (Å²) in [4.78, 5) is 19.0. The molecule has 118 valence electrons. The summed E-state index contributed by atoms with van der Waals surface area (Å²) in [7, 11) is 0. The molecule has 6 heteroatoms. The number of hydrogen-bond acceptors (Lipinski definition) is 5. The highest BCUT2D eigenvalue weighted by atomic mass is 16.5. The first-order valence-electron chi connectivity index (χ1n) is 8.10. The Bertz CT molecular complexity index is 598. The molecule has 1 aliphatic carbocycles. The molecule has 0 bridgehead atoms. The van der Waals surface area contributed by atoms with Gasteiger partial charge in [0.25, 0.3) is 0 Å². The number of carbonyl (C=O) groups is 1. The van der Waals surface area contributed by atoms with E-state index in [9.17, 15) is 10.1 Å². The van der Waals surface area contributed by atoms with Gasteiger partial charge in [-0.2, -0.15) is 10.2 Å². The van der Waals surface area contributed by atoms with Crippen LogP contribution in [0.4, 0.5) is 0 Å². The predicted octanol–water partition coefficient (Wildman–Crippen LogP) is 2.59. The molecule has 6 nitrogen and oxygen atoms in total. The number of carbonyl (C=O) groups excluding carboxylic acids is 1. The van der Waals surface area contributed by atoms with Crippen molar-refractivity contribution >= 4 is 5.91 Å². The number of rotatable bonds is 3. The van der Waals surface area contributed by atoms with E-state index >= 15 is 0 Å². The Morgan fingerprint density at radius 3 is 2.77 bits per heavy atom. The Hall–Kier alpha value is -1.90. The second-order valence-corrected chi connectivity index (χ2v) is 6.78. The summed E-state index contributed by atoms with van der Waals surface area (Å²) in [5.41, 5.74) is -0.762. The second kappa shape index (κ2) is 5.71. The largest absolute Gasteiger partial charge is 0.341 e. The molecule has 1 aromatic rings. The quantitative estimate of drug-likeness (QED) is 0.857. The summed E-state index contributed by atoms with van der Waals surface area (Å²) in [5.74, 6) is 1.66. The third-order valence-corrected chi connectivity index (χ3v) is 4.86. The maximum atomic E-state index is 12.7. The maximum absolute atomic E-state index is 12.7. The van der Waals surface area contributed by atoms with E-state index in [1.807, 2.05) is 18.7 Å². The number of nitriles is 1. The summed E-state index contributed by atoms with van der Waals surface area (Å²) in [5, 5.41) is 13.4. The van der Waals surface area contributed by atoms with Gasteiger partial charge in [0.2, 0.25) is 11.8 Å². The zero-order valence-corrected chi connectivity index (χ0v) is 13.2. The summed E-state index contributed by atoms with van der Waals surface area (Å²) in [6, 6.07) is 2.24. The van der Waals surface area contributed by atoms with Gasteiger partial charge in [0, 0.05) is 24.9 Å². The topological polar surface area (TPSA) is 83.0 Å². The Kier molecular flexibility index (Phi) is 3.90. The van der Waals surface area contributed by atoms with Crippen LogP contribution >= 0.6 is 0 Å². The van der Waals surface area contributed by atoms with Crippen molar-refractivity contribution in [3.05, 3.63) is 11.7 Å². The van der Waals surface area contributed by atoms with Crippen molar-refractivity contribution in [2.45, 2.75) is 57.8 Å². The minimum atomic E-state index is -0.762. The van der Waals surface area contributed by atoms with Gasteiger partial charge in [0.05, 0.1) is 6.07 Å². The first-order valence-corrected chi connectivity index (χ1v) is 8.10. The van der Waals surface area contributed by atoms with Crippen LogP contribution in [0.5, 0.6) is 0 Å². The summed E-state index contributed by atoms with van der Waals surface area (Å²) in [6.07, 6.45) is 4.25. The molecule has 0 radical (unpaired) electrons. The van der Waals surface area contributed by atoms with Crippen LogP contribution in [-0.4, -0.2) is 34.0 Å². The molecular formula is C16H22N4O2. The molecule has 2 heterocycles. The molecule has 0 unspecified atom stereocenters. The lowest BCUT2D eigenvalue weighted by atomic mass is 9.68. The Morgan fingerprint density at radius 1 is 1.45 bits per heavy atom. The van der Waals surface area contributed by atoms with E-state index in [4.69, 9.17) is 4.52 Å². The Morgan fingerprint density at radius 2 is 2.23 bits per heavy atom. The van der Waals surface area contributed by atoms with Gasteiger partial charge in [-0.3, -0.25) is 4.79 Å². The van der Waals surface area contributed by atoms with Crippen LogP contribution in [0, 0.1) is 16.7 Å². The average molecular weight is 302 g/mol. The molecule has 1 saturated heterocycles. The van der Waals surface area contributed by atoms with Gasteiger partial charge >= 0.3 is 0 Å². The average Bonchev–Trinajstić information content (AvgIpc) is 2.97. The van der Waals surface area contributed by atoms with Crippen molar-refractivity contribution < 1.29 is 9.32 Å². The van der Waals surface area contributed by atoms with Crippen molar-refractivity contribution in [3.8, 4) is 6.07 Å². The maximum Gasteiger partial charge on any atom is 0.243 e. The first kappa shape index (κ1) is 15.0. The van der Waals surface area contributed by atoms with Crippen LogP contribution in [0.1, 0.15) is 69.5 Å². The van der Waals surface area contributed by atoms with Gasteiger partial charge in [-0.05, 0) is 32.1 Å². The van der Waals surface area contributed by atoms with Gasteiger partial charge in [0.15, 0.2) is 5.82 Å². The molecule has 1 aliphatic heterocycles. The highest BCUT2D eigenvalue weighted by Gasteiger charge is 2.47. The van der Waals surface area contributed by atoms with Gasteiger partial charge in [-0.1, -0.05) is 19.0 Å². The monoisotopic (exact) mass is 302 g/mol. The molecule has 2 aliphatic rings. The summed E-state index contributed by atoms with van der Waals surface area (Å²) in [6.45, 7) is 5.36. The first-order chi connectivity index (χ1) is 10.6. The molecule has 3 rings (SSSR count). The van der Waals surface area contributed by atoms with Crippen molar-refractivity contribution in [2.24, 2.45) is 5.41 Å². The van der Waals surface area contributed by atoms with Crippen molar-refractivity contribution in [1.29, 1.82) is 5.26 Å². The van der Waals surface area contributed by atoms with Gasteiger partial charge in [-0.25, -0.2) is 0 Å². The van der Waals surface area contributed by atoms with Gasteiger partial charge in [0.1, 0.15) is 5.41 Å². The molecule has 1 atom stereocenters. The minimum absolute atomic E-state index is 0.00136. The fourth-order valence-electron chi connectivity index (χ4n) is 3.23. The molecule has 1 aromatic heterocycles. The minimum Gasteiger partial charge on any atom is -0.341 e. The molecule has 0 aromatic carbocycles. The van der Waals surface area contributed by atoms with Gasteiger partial charge in [-0.15, -0.1) is 0 Å². The van der Waals surface area contributed by atoms with E-state index in [1.54, 1.807) is 0 Å². The third kappa shape index (κ3) is 2.49. The van der Waals surface area contributed by atoms with Crippen molar-refractivity contribution in [3.63, 3.8) is 0 Å². The van der Waals surface area contributed by atoms with E-state index in [-0.39, 0.29) is 17.7 Å². The smallest absolute Gasteiger partial charge is 0.243 e. The standard InChI is InChI=1S/C16H22N4O2/c1-11(2)14-18-13(19-22-14)12-5-3-8-20(9-12)15(21)16(10-17)6-4-7-16/h11-12H,3-9H2,1-2H3/t12-/m0/s1. The van der Waals surface area contributed by atoms with Crippen LogP contribution in [0.15, 0.2) is 4.52 Å². The Labute approximate surface area is 130 Å². The molecule has 0 spiro atoms. The van der Waals surface area contributed by atoms with Crippen molar-refractivity contribution in [2.75, 3.05) is 13.1 Å². The van der Waals surface area contributed by atoms with Crippen LogP contribution < -0.4 is 0 Å². The van der Waals surface area contributed by atoms with E-state index in [2.05, 4.69) is 16.2 Å². The molecule has 0 N–H and O–H groups in total. The van der Waals surface area contributed by atoms with Crippen LogP contribution in [0.2, 0.25) is 0 Å². The molecule has 1 amide bonds. The van der Waals surface area contributed by atoms with E-state index in [1.165, 1.54) is 0 Å². The molecular weight excluding hydrogens is 280 g/mol. The summed E-state index contributed by atoms with van der Waals surface area (Å²) >= 11 is 0. The zero-order chi connectivity index (χ0) is 15.7. The number of aromatic nitrogens is 2. The number of hydrogen-bond donors (Lipinski definition) is 0. The van der Waals surface area contributed by atoms with E-state index in [0.29, 0.717) is 31.1 Å². The lowest BCUT2D eigenvalue weighted by molar-refractivity contribution is -0.144. The molecule has 2 fully saturated rings. The van der Waals surface area contributed by atoms with Crippen LogP contribution in [0.25, 0.3) is 0 Å².